The van der Waals surface area contributed by atoms with E-state index in [-0.39, 0.29) is 29.5 Å². The minimum Gasteiger partial charge on any atom is -0.339 e. The second kappa shape index (κ2) is 9.42. The molecule has 0 bridgehead atoms. The van der Waals surface area contributed by atoms with E-state index in [9.17, 15) is 18.0 Å². The van der Waals surface area contributed by atoms with Crippen molar-refractivity contribution >= 4 is 26.8 Å². The highest BCUT2D eigenvalue weighted by Crippen LogP contribution is 2.18. The number of hydrogen-bond acceptors (Lipinski definition) is 6. The van der Waals surface area contributed by atoms with Crippen LogP contribution in [0.25, 0.3) is 10.9 Å². The number of rotatable bonds is 6. The number of nitrogens with one attached hydrogen (secondary N) is 1. The van der Waals surface area contributed by atoms with Crippen LogP contribution in [-0.2, 0) is 21.4 Å². The Kier molecular flexibility index (Phi) is 6.59. The van der Waals surface area contributed by atoms with Crippen molar-refractivity contribution in [1.82, 2.24) is 24.1 Å². The molecule has 9 nitrogen and oxygen atoms in total. The van der Waals surface area contributed by atoms with Crippen LogP contribution >= 0.6 is 0 Å². The van der Waals surface area contributed by atoms with Crippen molar-refractivity contribution in [2.24, 2.45) is 0 Å². The van der Waals surface area contributed by atoms with Crippen LogP contribution in [0, 0.1) is 0 Å². The van der Waals surface area contributed by atoms with Crippen molar-refractivity contribution in [2.75, 3.05) is 33.2 Å². The number of fused-ring (bicyclic) bond motifs is 1. The largest absolute Gasteiger partial charge is 0.339 e. The first-order valence-electron chi connectivity index (χ1n) is 10.8. The van der Waals surface area contributed by atoms with Crippen LogP contribution in [0.4, 0.5) is 0 Å². The number of hydrogen-bond donors (Lipinski definition) is 1. The highest BCUT2D eigenvalue weighted by molar-refractivity contribution is 7.89. The third kappa shape index (κ3) is 4.82. The molecule has 33 heavy (non-hydrogen) atoms. The molecule has 1 aromatic heterocycles. The Labute approximate surface area is 192 Å². The van der Waals surface area contributed by atoms with Gasteiger partial charge in [-0.3, -0.25) is 14.5 Å². The first kappa shape index (κ1) is 23.1. The van der Waals surface area contributed by atoms with Gasteiger partial charge in [-0.05, 0) is 38.2 Å². The minimum atomic E-state index is -3.57. The lowest BCUT2D eigenvalue weighted by atomic mass is 10.2. The highest BCUT2D eigenvalue weighted by Gasteiger charge is 2.32. The zero-order valence-corrected chi connectivity index (χ0v) is 19.5. The molecule has 0 unspecified atom stereocenters. The van der Waals surface area contributed by atoms with Gasteiger partial charge in [-0.15, -0.1) is 0 Å². The maximum atomic E-state index is 13.1. The molecule has 0 saturated carbocycles. The van der Waals surface area contributed by atoms with Crippen LogP contribution in [0.1, 0.15) is 12.7 Å². The number of sulfonamides is 1. The van der Waals surface area contributed by atoms with E-state index in [1.54, 1.807) is 67.4 Å². The summed E-state index contributed by atoms with van der Waals surface area (Å²) >= 11 is 0. The van der Waals surface area contributed by atoms with Gasteiger partial charge >= 0.3 is 0 Å². The van der Waals surface area contributed by atoms with Gasteiger partial charge in [-0.1, -0.05) is 30.3 Å². The first-order valence-corrected chi connectivity index (χ1v) is 12.2. The zero-order valence-electron chi connectivity index (χ0n) is 18.6. The summed E-state index contributed by atoms with van der Waals surface area (Å²) in [5.74, 6) is 0.400. The minimum absolute atomic E-state index is 0.0857. The molecule has 1 aliphatic rings. The molecular formula is C23H27N5O4S. The zero-order chi connectivity index (χ0) is 23.6. The summed E-state index contributed by atoms with van der Waals surface area (Å²) in [6.45, 7) is 3.25. The second-order valence-corrected chi connectivity index (χ2v) is 10.1. The Morgan fingerprint density at radius 3 is 2.39 bits per heavy atom. The van der Waals surface area contributed by atoms with E-state index >= 15 is 0 Å². The van der Waals surface area contributed by atoms with Gasteiger partial charge in [0.15, 0.2) is 0 Å². The topological polar surface area (TPSA) is 107 Å². The molecule has 3 aromatic rings. The van der Waals surface area contributed by atoms with E-state index in [1.165, 1.54) is 4.31 Å². The van der Waals surface area contributed by atoms with Crippen LogP contribution in [0.5, 0.6) is 0 Å². The van der Waals surface area contributed by atoms with E-state index in [4.69, 9.17) is 0 Å². The summed E-state index contributed by atoms with van der Waals surface area (Å²) < 4.78 is 27.0. The molecule has 1 aliphatic heterocycles. The van der Waals surface area contributed by atoms with Crippen LogP contribution in [0.3, 0.4) is 0 Å². The van der Waals surface area contributed by atoms with Crippen molar-refractivity contribution in [3.05, 3.63) is 70.8 Å². The monoisotopic (exact) mass is 469 g/mol. The molecule has 0 aliphatic carbocycles. The number of aromatic amines is 1. The van der Waals surface area contributed by atoms with Gasteiger partial charge in [0.1, 0.15) is 5.82 Å². The Balaban J connectivity index is 1.38. The predicted molar refractivity (Wildman–Crippen MR) is 125 cm³/mol. The molecule has 0 spiro atoms. The summed E-state index contributed by atoms with van der Waals surface area (Å²) in [4.78, 5) is 36.4. The van der Waals surface area contributed by atoms with Crippen molar-refractivity contribution in [2.45, 2.75) is 24.4 Å². The molecule has 1 amide bonds. The van der Waals surface area contributed by atoms with Crippen LogP contribution in [-0.4, -0.2) is 77.7 Å². The molecule has 1 fully saturated rings. The fourth-order valence-electron chi connectivity index (χ4n) is 3.93. The van der Waals surface area contributed by atoms with Crippen LogP contribution < -0.4 is 5.56 Å². The van der Waals surface area contributed by atoms with E-state index in [0.29, 0.717) is 36.4 Å². The Bertz CT molecular complexity index is 1300. The van der Waals surface area contributed by atoms with Gasteiger partial charge in [-0.2, -0.15) is 4.31 Å². The molecule has 174 valence electrons. The Morgan fingerprint density at radius 2 is 1.70 bits per heavy atom. The number of likely N-dealkylation sites (N-methyl/N-ethyl adjacent to an activating group) is 1. The average molecular weight is 470 g/mol. The van der Waals surface area contributed by atoms with Gasteiger partial charge in [-0.25, -0.2) is 13.4 Å². The van der Waals surface area contributed by atoms with E-state index in [0.717, 1.165) is 0 Å². The Hall–Kier alpha value is -3.08. The standard InChI is InChI=1S/C23H27N5O4S/c1-17(26(2)16-21-24-20-11-7-6-10-19(20)22(29)25-21)23(30)27-12-14-28(15-13-27)33(31,32)18-8-4-3-5-9-18/h3-11,17H,12-16H2,1-2H3,(H,24,25,29)/t17-/m1/s1. The predicted octanol–water partition coefficient (Wildman–Crippen LogP) is 1.28. The van der Waals surface area contributed by atoms with E-state index in [2.05, 4.69) is 9.97 Å². The fourth-order valence-corrected chi connectivity index (χ4v) is 5.37. The number of carbonyl (C=O) groups excluding carboxylic acids is 1. The number of benzene rings is 2. The molecule has 2 aromatic carbocycles. The lowest BCUT2D eigenvalue weighted by Gasteiger charge is -2.36. The van der Waals surface area contributed by atoms with Crippen molar-refractivity contribution in [3.63, 3.8) is 0 Å². The quantitative estimate of drug-likeness (QED) is 0.583. The summed E-state index contributed by atoms with van der Waals surface area (Å²) in [5.41, 5.74) is 0.401. The van der Waals surface area contributed by atoms with Crippen molar-refractivity contribution in [1.29, 1.82) is 0 Å². The van der Waals surface area contributed by atoms with Gasteiger partial charge in [0.25, 0.3) is 5.56 Å². The molecule has 1 saturated heterocycles. The van der Waals surface area contributed by atoms with Crippen LogP contribution in [0.15, 0.2) is 64.3 Å². The third-order valence-electron chi connectivity index (χ3n) is 6.01. The summed E-state index contributed by atoms with van der Waals surface area (Å²) in [5, 5.41) is 0.524. The van der Waals surface area contributed by atoms with Crippen LogP contribution in [0.2, 0.25) is 0 Å². The maximum Gasteiger partial charge on any atom is 0.258 e. The average Bonchev–Trinajstić information content (AvgIpc) is 2.83. The van der Waals surface area contributed by atoms with Crippen molar-refractivity contribution in [3.8, 4) is 0 Å². The summed E-state index contributed by atoms with van der Waals surface area (Å²) in [7, 11) is -1.77. The molecule has 0 radical (unpaired) electrons. The molecule has 2 heterocycles. The molecule has 1 atom stereocenters. The molecular weight excluding hydrogens is 442 g/mol. The lowest BCUT2D eigenvalue weighted by molar-refractivity contribution is -0.137. The van der Waals surface area contributed by atoms with Gasteiger partial charge in [0, 0.05) is 26.2 Å². The van der Waals surface area contributed by atoms with Gasteiger partial charge in [0.2, 0.25) is 15.9 Å². The highest BCUT2D eigenvalue weighted by atomic mass is 32.2. The molecule has 4 rings (SSSR count). The lowest BCUT2D eigenvalue weighted by Crippen LogP contribution is -2.54. The number of nitrogens with zero attached hydrogens (tertiary/aromatic N) is 4. The van der Waals surface area contributed by atoms with Gasteiger partial charge < -0.3 is 9.88 Å². The number of amides is 1. The molecule has 10 heteroatoms. The van der Waals surface area contributed by atoms with E-state index < -0.39 is 16.1 Å². The number of piperazine rings is 1. The number of H-pyrrole nitrogens is 1. The second-order valence-electron chi connectivity index (χ2n) is 8.16. The maximum absolute atomic E-state index is 13.1. The van der Waals surface area contributed by atoms with Gasteiger partial charge in [0.05, 0.1) is 28.4 Å². The molecule has 1 N–H and O–H groups in total. The SMILES string of the molecule is C[C@H](C(=O)N1CCN(S(=O)(=O)c2ccccc2)CC1)N(C)Cc1nc2ccccc2c(=O)[nH]1. The normalized spacial score (nSPS) is 16.3. The summed E-state index contributed by atoms with van der Waals surface area (Å²) in [6.07, 6.45) is 0. The third-order valence-corrected chi connectivity index (χ3v) is 7.92. The number of carbonyl (C=O) groups is 1. The van der Waals surface area contributed by atoms with Crippen molar-refractivity contribution < 1.29 is 13.2 Å². The smallest absolute Gasteiger partial charge is 0.258 e. The Morgan fingerprint density at radius 1 is 1.06 bits per heavy atom. The fraction of sp³-hybridized carbons (Fsp3) is 0.348. The van der Waals surface area contributed by atoms with E-state index in [1.807, 2.05) is 11.0 Å². The summed E-state index contributed by atoms with van der Waals surface area (Å²) in [6, 6.07) is 15.0. The number of para-hydroxylation sites is 1. The first-order chi connectivity index (χ1) is 15.8. The number of aromatic nitrogens is 2.